The highest BCUT2D eigenvalue weighted by molar-refractivity contribution is 6.31. The lowest BCUT2D eigenvalue weighted by molar-refractivity contribution is 0.546. The number of halogens is 1. The van der Waals surface area contributed by atoms with Crippen LogP contribution in [0.5, 0.6) is 0 Å². The summed E-state index contributed by atoms with van der Waals surface area (Å²) < 4.78 is 0. The second-order valence-electron chi connectivity index (χ2n) is 5.67. The molecular weight excluding hydrogens is 258 g/mol. The molecule has 4 heteroatoms. The van der Waals surface area contributed by atoms with Crippen molar-refractivity contribution in [3.63, 3.8) is 0 Å². The zero-order valence-corrected chi connectivity index (χ0v) is 12.7. The zero-order chi connectivity index (χ0) is 13.7. The molecule has 0 bridgehead atoms. The minimum atomic E-state index is 0.643. The third kappa shape index (κ3) is 4.36. The fourth-order valence-electron chi connectivity index (χ4n) is 2.38. The van der Waals surface area contributed by atoms with E-state index in [0.717, 1.165) is 42.7 Å². The van der Waals surface area contributed by atoms with Crippen LogP contribution in [-0.2, 0) is 6.54 Å². The van der Waals surface area contributed by atoms with Crippen molar-refractivity contribution in [3.05, 3.63) is 22.8 Å². The summed E-state index contributed by atoms with van der Waals surface area (Å²) in [5.74, 6) is 1.72. The summed E-state index contributed by atoms with van der Waals surface area (Å²) in [5.41, 5.74) is 0.963. The number of rotatable bonds is 5. The lowest BCUT2D eigenvalue weighted by Gasteiger charge is -2.28. The average molecular weight is 282 g/mol. The standard InChI is InChI=1S/C15H24ClN3/c1-12(2)10-17-11-14-13(16)6-7-15(18-14)19-8-4-3-5-9-19/h6-7,12,17H,3-5,8-11H2,1-2H3. The van der Waals surface area contributed by atoms with Crippen LogP contribution < -0.4 is 10.2 Å². The molecule has 1 aliphatic rings. The predicted octanol–water partition coefficient (Wildman–Crippen LogP) is 3.47. The highest BCUT2D eigenvalue weighted by Gasteiger charge is 2.13. The topological polar surface area (TPSA) is 28.2 Å². The molecule has 1 aromatic heterocycles. The predicted molar refractivity (Wildman–Crippen MR) is 81.9 cm³/mol. The normalized spacial score (nSPS) is 16.1. The smallest absolute Gasteiger partial charge is 0.128 e. The second kappa shape index (κ2) is 7.11. The largest absolute Gasteiger partial charge is 0.357 e. The molecule has 1 aromatic rings. The van der Waals surface area contributed by atoms with Gasteiger partial charge in [0.25, 0.3) is 0 Å². The quantitative estimate of drug-likeness (QED) is 0.896. The molecule has 1 N–H and O–H groups in total. The van der Waals surface area contributed by atoms with Gasteiger partial charge in [0.1, 0.15) is 5.82 Å². The van der Waals surface area contributed by atoms with Gasteiger partial charge in [-0.1, -0.05) is 25.4 Å². The first-order valence-electron chi connectivity index (χ1n) is 7.28. The third-order valence-electron chi connectivity index (χ3n) is 3.43. The van der Waals surface area contributed by atoms with Crippen LogP contribution >= 0.6 is 11.6 Å². The van der Waals surface area contributed by atoms with Crippen molar-refractivity contribution in [3.8, 4) is 0 Å². The van der Waals surface area contributed by atoms with Crippen molar-refractivity contribution < 1.29 is 0 Å². The first kappa shape index (κ1) is 14.6. The van der Waals surface area contributed by atoms with E-state index in [1.54, 1.807) is 0 Å². The van der Waals surface area contributed by atoms with E-state index in [1.165, 1.54) is 19.3 Å². The van der Waals surface area contributed by atoms with Gasteiger partial charge in [-0.05, 0) is 43.9 Å². The second-order valence-corrected chi connectivity index (χ2v) is 6.08. The number of pyridine rings is 1. The van der Waals surface area contributed by atoms with Crippen molar-refractivity contribution in [2.24, 2.45) is 5.92 Å². The number of nitrogens with one attached hydrogen (secondary N) is 1. The zero-order valence-electron chi connectivity index (χ0n) is 12.0. The van der Waals surface area contributed by atoms with Crippen molar-refractivity contribution in [2.45, 2.75) is 39.7 Å². The van der Waals surface area contributed by atoms with Crippen LogP contribution in [0.25, 0.3) is 0 Å². The van der Waals surface area contributed by atoms with Gasteiger partial charge < -0.3 is 10.2 Å². The van der Waals surface area contributed by atoms with Gasteiger partial charge in [0.15, 0.2) is 0 Å². The Kier molecular flexibility index (Phi) is 5.46. The van der Waals surface area contributed by atoms with Crippen LogP contribution in [0.15, 0.2) is 12.1 Å². The molecule has 0 unspecified atom stereocenters. The summed E-state index contributed by atoms with van der Waals surface area (Å²) in [5, 5.41) is 4.17. The number of piperidine rings is 1. The highest BCUT2D eigenvalue weighted by Crippen LogP contribution is 2.22. The van der Waals surface area contributed by atoms with Gasteiger partial charge in [-0.3, -0.25) is 0 Å². The van der Waals surface area contributed by atoms with Crippen molar-refractivity contribution in [1.82, 2.24) is 10.3 Å². The Morgan fingerprint density at radius 2 is 2.00 bits per heavy atom. The average Bonchev–Trinajstić information content (AvgIpc) is 2.41. The van der Waals surface area contributed by atoms with Gasteiger partial charge >= 0.3 is 0 Å². The molecule has 1 aliphatic heterocycles. The SMILES string of the molecule is CC(C)CNCc1nc(N2CCCCC2)ccc1Cl. The Morgan fingerprint density at radius 1 is 1.26 bits per heavy atom. The molecule has 0 saturated carbocycles. The molecule has 0 aromatic carbocycles. The van der Waals surface area contributed by atoms with Crippen molar-refractivity contribution in [2.75, 3.05) is 24.5 Å². The molecule has 0 atom stereocenters. The summed E-state index contributed by atoms with van der Waals surface area (Å²) in [7, 11) is 0. The van der Waals surface area contributed by atoms with Gasteiger partial charge in [-0.15, -0.1) is 0 Å². The van der Waals surface area contributed by atoms with Gasteiger partial charge in [-0.25, -0.2) is 4.98 Å². The molecule has 2 rings (SSSR count). The van der Waals surface area contributed by atoms with Crippen molar-refractivity contribution >= 4 is 17.4 Å². The summed E-state index contributed by atoms with van der Waals surface area (Å²) in [6.07, 6.45) is 3.88. The Morgan fingerprint density at radius 3 is 2.68 bits per heavy atom. The fourth-order valence-corrected chi connectivity index (χ4v) is 2.55. The van der Waals surface area contributed by atoms with E-state index in [-0.39, 0.29) is 0 Å². The molecule has 1 fully saturated rings. The molecule has 2 heterocycles. The van der Waals surface area contributed by atoms with E-state index in [1.807, 2.05) is 12.1 Å². The molecular formula is C15H24ClN3. The summed E-state index contributed by atoms with van der Waals surface area (Å²) in [6.45, 7) is 8.38. The number of nitrogens with zero attached hydrogens (tertiary/aromatic N) is 2. The lowest BCUT2D eigenvalue weighted by Crippen LogP contribution is -2.30. The Bertz CT molecular complexity index is 400. The number of aromatic nitrogens is 1. The highest BCUT2D eigenvalue weighted by atomic mass is 35.5. The van der Waals surface area contributed by atoms with Gasteiger partial charge in [0, 0.05) is 19.6 Å². The monoisotopic (exact) mass is 281 g/mol. The van der Waals surface area contributed by atoms with E-state index in [4.69, 9.17) is 16.6 Å². The first-order valence-corrected chi connectivity index (χ1v) is 7.65. The van der Waals surface area contributed by atoms with Crippen molar-refractivity contribution in [1.29, 1.82) is 0 Å². The van der Waals surface area contributed by atoms with E-state index in [0.29, 0.717) is 5.92 Å². The van der Waals surface area contributed by atoms with Gasteiger partial charge in [0.2, 0.25) is 0 Å². The van der Waals surface area contributed by atoms with Crippen LogP contribution in [0.4, 0.5) is 5.82 Å². The Hall–Kier alpha value is -0.800. The Labute approximate surface area is 121 Å². The van der Waals surface area contributed by atoms with Crippen LogP contribution in [-0.4, -0.2) is 24.6 Å². The maximum Gasteiger partial charge on any atom is 0.128 e. The van der Waals surface area contributed by atoms with Gasteiger partial charge in [-0.2, -0.15) is 0 Å². The van der Waals surface area contributed by atoms with Crippen LogP contribution in [0.2, 0.25) is 5.02 Å². The molecule has 1 saturated heterocycles. The van der Waals surface area contributed by atoms with Crippen LogP contribution in [0.3, 0.4) is 0 Å². The van der Waals surface area contributed by atoms with E-state index in [9.17, 15) is 0 Å². The van der Waals surface area contributed by atoms with E-state index in [2.05, 4.69) is 24.1 Å². The fraction of sp³-hybridized carbons (Fsp3) is 0.667. The maximum atomic E-state index is 6.23. The van der Waals surface area contributed by atoms with E-state index >= 15 is 0 Å². The number of hydrogen-bond acceptors (Lipinski definition) is 3. The number of anilines is 1. The molecule has 0 amide bonds. The third-order valence-corrected chi connectivity index (χ3v) is 3.77. The summed E-state index contributed by atoms with van der Waals surface area (Å²) in [4.78, 5) is 7.09. The molecule has 0 spiro atoms. The van der Waals surface area contributed by atoms with Crippen LogP contribution in [0, 0.1) is 5.92 Å². The minimum Gasteiger partial charge on any atom is -0.357 e. The Balaban J connectivity index is 2.01. The molecule has 0 radical (unpaired) electrons. The molecule has 3 nitrogen and oxygen atoms in total. The molecule has 0 aliphatic carbocycles. The maximum absolute atomic E-state index is 6.23. The molecule has 106 valence electrons. The van der Waals surface area contributed by atoms with Gasteiger partial charge in [0.05, 0.1) is 10.7 Å². The summed E-state index contributed by atoms with van der Waals surface area (Å²) >= 11 is 6.23. The van der Waals surface area contributed by atoms with Crippen LogP contribution in [0.1, 0.15) is 38.8 Å². The minimum absolute atomic E-state index is 0.643. The lowest BCUT2D eigenvalue weighted by atomic mass is 10.1. The first-order chi connectivity index (χ1) is 9.16. The number of hydrogen-bond donors (Lipinski definition) is 1. The van der Waals surface area contributed by atoms with E-state index < -0.39 is 0 Å². The summed E-state index contributed by atoms with van der Waals surface area (Å²) in [6, 6.07) is 4.02. The molecule has 19 heavy (non-hydrogen) atoms.